The maximum absolute atomic E-state index is 12.0. The van der Waals surface area contributed by atoms with Crippen LogP contribution >= 0.6 is 0 Å². The molecule has 0 saturated carbocycles. The molecule has 0 unspecified atom stereocenters. The summed E-state index contributed by atoms with van der Waals surface area (Å²) >= 11 is 0. The van der Waals surface area contributed by atoms with Crippen LogP contribution in [0.5, 0.6) is 11.6 Å². The van der Waals surface area contributed by atoms with Gasteiger partial charge in [-0.15, -0.1) is 0 Å². The van der Waals surface area contributed by atoms with Gasteiger partial charge in [-0.1, -0.05) is 31.2 Å². The zero-order valence-electron chi connectivity index (χ0n) is 12.6. The lowest BCUT2D eigenvalue weighted by Gasteiger charge is -2.10. The fourth-order valence-electron chi connectivity index (χ4n) is 1.98. The number of carbonyl (C=O) groups is 1. The Morgan fingerprint density at radius 3 is 2.77 bits per heavy atom. The molecule has 0 saturated heterocycles. The first-order valence-electron chi connectivity index (χ1n) is 7.31. The van der Waals surface area contributed by atoms with E-state index in [1.54, 1.807) is 30.5 Å². The highest BCUT2D eigenvalue weighted by Gasteiger charge is 2.09. The second-order valence-corrected chi connectivity index (χ2v) is 4.90. The van der Waals surface area contributed by atoms with Crippen molar-refractivity contribution in [1.82, 2.24) is 10.3 Å². The van der Waals surface area contributed by atoms with Gasteiger partial charge in [0.2, 0.25) is 11.8 Å². The van der Waals surface area contributed by atoms with Gasteiger partial charge in [-0.05, 0) is 18.6 Å². The standard InChI is InChI=1S/C17H20N2O3/c1-2-10-22-17-14(7-5-9-18-17)12-19-16(21)11-13-6-3-4-8-15(13)20/h3-9,20H,2,10-12H2,1H3,(H,19,21). The van der Waals surface area contributed by atoms with Crippen LogP contribution in [0.2, 0.25) is 0 Å². The van der Waals surface area contributed by atoms with Crippen molar-refractivity contribution in [3.8, 4) is 11.6 Å². The van der Waals surface area contributed by atoms with Crippen molar-refractivity contribution >= 4 is 5.91 Å². The molecular weight excluding hydrogens is 280 g/mol. The number of amides is 1. The predicted molar refractivity (Wildman–Crippen MR) is 83.7 cm³/mol. The Labute approximate surface area is 130 Å². The van der Waals surface area contributed by atoms with Crippen molar-refractivity contribution in [3.05, 3.63) is 53.7 Å². The summed E-state index contributed by atoms with van der Waals surface area (Å²) in [6.45, 7) is 2.96. The fourth-order valence-corrected chi connectivity index (χ4v) is 1.98. The summed E-state index contributed by atoms with van der Waals surface area (Å²) < 4.78 is 5.55. The van der Waals surface area contributed by atoms with Gasteiger partial charge in [0.15, 0.2) is 0 Å². The molecule has 1 amide bonds. The highest BCUT2D eigenvalue weighted by atomic mass is 16.5. The zero-order valence-corrected chi connectivity index (χ0v) is 12.6. The summed E-state index contributed by atoms with van der Waals surface area (Å²) in [6, 6.07) is 10.5. The van der Waals surface area contributed by atoms with Crippen LogP contribution < -0.4 is 10.1 Å². The van der Waals surface area contributed by atoms with E-state index in [1.807, 2.05) is 19.1 Å². The number of aromatic hydroxyl groups is 1. The number of aromatic nitrogens is 1. The number of rotatable bonds is 7. The van der Waals surface area contributed by atoms with Crippen molar-refractivity contribution < 1.29 is 14.6 Å². The summed E-state index contributed by atoms with van der Waals surface area (Å²) in [4.78, 5) is 16.2. The maximum atomic E-state index is 12.0. The molecule has 0 bridgehead atoms. The molecule has 1 aromatic heterocycles. The lowest BCUT2D eigenvalue weighted by atomic mass is 10.1. The van der Waals surface area contributed by atoms with Gasteiger partial charge in [0.25, 0.3) is 0 Å². The molecule has 0 spiro atoms. The minimum atomic E-state index is -0.160. The molecule has 0 aliphatic rings. The Kier molecular flexibility index (Phi) is 5.77. The Bertz CT molecular complexity index is 629. The van der Waals surface area contributed by atoms with Gasteiger partial charge in [0.05, 0.1) is 13.0 Å². The van der Waals surface area contributed by atoms with Crippen LogP contribution in [-0.2, 0) is 17.8 Å². The van der Waals surface area contributed by atoms with E-state index in [0.717, 1.165) is 12.0 Å². The third kappa shape index (κ3) is 4.48. The first-order valence-corrected chi connectivity index (χ1v) is 7.31. The predicted octanol–water partition coefficient (Wildman–Crippen LogP) is 2.43. The number of nitrogens with one attached hydrogen (secondary N) is 1. The molecule has 2 aromatic rings. The number of phenols is 1. The van der Waals surface area contributed by atoms with E-state index in [4.69, 9.17) is 4.74 Å². The highest BCUT2D eigenvalue weighted by molar-refractivity contribution is 5.79. The second-order valence-electron chi connectivity index (χ2n) is 4.90. The summed E-state index contributed by atoms with van der Waals surface area (Å²) in [5, 5.41) is 12.5. The van der Waals surface area contributed by atoms with Crippen LogP contribution in [0.1, 0.15) is 24.5 Å². The van der Waals surface area contributed by atoms with Gasteiger partial charge in [-0.2, -0.15) is 0 Å². The van der Waals surface area contributed by atoms with E-state index in [0.29, 0.717) is 24.6 Å². The third-order valence-corrected chi connectivity index (χ3v) is 3.11. The molecule has 2 rings (SSSR count). The number of ether oxygens (including phenoxy) is 1. The third-order valence-electron chi connectivity index (χ3n) is 3.11. The summed E-state index contributed by atoms with van der Waals surface area (Å²) in [7, 11) is 0. The molecule has 1 heterocycles. The lowest BCUT2D eigenvalue weighted by molar-refractivity contribution is -0.120. The smallest absolute Gasteiger partial charge is 0.224 e. The monoisotopic (exact) mass is 300 g/mol. The molecule has 0 atom stereocenters. The Morgan fingerprint density at radius 1 is 1.23 bits per heavy atom. The Morgan fingerprint density at radius 2 is 2.00 bits per heavy atom. The van der Waals surface area contributed by atoms with E-state index in [9.17, 15) is 9.90 Å². The molecule has 0 aliphatic carbocycles. The quantitative estimate of drug-likeness (QED) is 0.824. The van der Waals surface area contributed by atoms with Gasteiger partial charge in [0, 0.05) is 23.9 Å². The first-order chi connectivity index (χ1) is 10.7. The van der Waals surface area contributed by atoms with Crippen molar-refractivity contribution in [1.29, 1.82) is 0 Å². The summed E-state index contributed by atoms with van der Waals surface area (Å²) in [5.41, 5.74) is 1.44. The van der Waals surface area contributed by atoms with Crippen molar-refractivity contribution in [2.24, 2.45) is 0 Å². The highest BCUT2D eigenvalue weighted by Crippen LogP contribution is 2.17. The van der Waals surface area contributed by atoms with Crippen LogP contribution in [0.15, 0.2) is 42.6 Å². The summed E-state index contributed by atoms with van der Waals surface area (Å²) in [5.74, 6) is 0.519. The van der Waals surface area contributed by atoms with Crippen LogP contribution in [-0.4, -0.2) is 22.6 Å². The molecular formula is C17H20N2O3. The molecule has 116 valence electrons. The molecule has 0 fully saturated rings. The normalized spacial score (nSPS) is 10.2. The number of carbonyl (C=O) groups excluding carboxylic acids is 1. The molecule has 1 aromatic carbocycles. The van der Waals surface area contributed by atoms with E-state index in [2.05, 4.69) is 10.3 Å². The number of phenolic OH excluding ortho intramolecular Hbond substituents is 1. The molecule has 0 radical (unpaired) electrons. The van der Waals surface area contributed by atoms with Gasteiger partial charge in [0.1, 0.15) is 5.75 Å². The molecule has 5 nitrogen and oxygen atoms in total. The SMILES string of the molecule is CCCOc1ncccc1CNC(=O)Cc1ccccc1O. The minimum absolute atomic E-state index is 0.131. The fraction of sp³-hybridized carbons (Fsp3) is 0.294. The maximum Gasteiger partial charge on any atom is 0.224 e. The Balaban J connectivity index is 1.92. The average Bonchev–Trinajstić information content (AvgIpc) is 2.54. The average molecular weight is 300 g/mol. The lowest BCUT2D eigenvalue weighted by Crippen LogP contribution is -2.25. The molecule has 0 aliphatic heterocycles. The van der Waals surface area contributed by atoms with Gasteiger partial charge < -0.3 is 15.2 Å². The second kappa shape index (κ2) is 8.02. The van der Waals surface area contributed by atoms with Gasteiger partial charge in [-0.25, -0.2) is 4.98 Å². The first kappa shape index (κ1) is 15.8. The molecule has 2 N–H and O–H groups in total. The van der Waals surface area contributed by atoms with Crippen LogP contribution in [0.4, 0.5) is 0 Å². The number of hydrogen-bond acceptors (Lipinski definition) is 4. The van der Waals surface area contributed by atoms with E-state index in [1.165, 1.54) is 0 Å². The van der Waals surface area contributed by atoms with Crippen molar-refractivity contribution in [3.63, 3.8) is 0 Å². The molecule has 22 heavy (non-hydrogen) atoms. The summed E-state index contributed by atoms with van der Waals surface area (Å²) in [6.07, 6.45) is 2.70. The number of para-hydroxylation sites is 1. The van der Waals surface area contributed by atoms with Gasteiger partial charge in [-0.3, -0.25) is 4.79 Å². The zero-order chi connectivity index (χ0) is 15.8. The van der Waals surface area contributed by atoms with Crippen LogP contribution in [0.3, 0.4) is 0 Å². The number of nitrogens with zero attached hydrogens (tertiary/aromatic N) is 1. The number of pyridine rings is 1. The van der Waals surface area contributed by atoms with Gasteiger partial charge >= 0.3 is 0 Å². The topological polar surface area (TPSA) is 71.5 Å². The number of benzene rings is 1. The van der Waals surface area contributed by atoms with Crippen molar-refractivity contribution in [2.75, 3.05) is 6.61 Å². The van der Waals surface area contributed by atoms with Crippen LogP contribution in [0, 0.1) is 0 Å². The van der Waals surface area contributed by atoms with E-state index >= 15 is 0 Å². The van der Waals surface area contributed by atoms with E-state index in [-0.39, 0.29) is 18.1 Å². The van der Waals surface area contributed by atoms with E-state index < -0.39 is 0 Å². The number of hydrogen-bond donors (Lipinski definition) is 2. The van der Waals surface area contributed by atoms with Crippen LogP contribution in [0.25, 0.3) is 0 Å². The molecule has 5 heteroatoms. The minimum Gasteiger partial charge on any atom is -0.508 e. The van der Waals surface area contributed by atoms with Crippen molar-refractivity contribution in [2.45, 2.75) is 26.3 Å². The Hall–Kier alpha value is -2.56. The largest absolute Gasteiger partial charge is 0.508 e.